The minimum atomic E-state index is -0.406. The average molecular weight is 259 g/mol. The van der Waals surface area contributed by atoms with Crippen LogP contribution in [0.4, 0.5) is 4.79 Å². The zero-order valence-electron chi connectivity index (χ0n) is 10.6. The van der Waals surface area contributed by atoms with Gasteiger partial charge in [0.25, 0.3) is 0 Å². The maximum Gasteiger partial charge on any atom is 0.344 e. The number of hydrogen-bond acceptors (Lipinski definition) is 4. The van der Waals surface area contributed by atoms with Crippen LogP contribution in [0.2, 0.25) is 0 Å². The van der Waals surface area contributed by atoms with E-state index in [-0.39, 0.29) is 12.1 Å². The molecule has 0 bridgehead atoms. The van der Waals surface area contributed by atoms with Crippen LogP contribution in [0, 0.1) is 0 Å². The number of ether oxygens (including phenoxy) is 2. The molecule has 0 aliphatic carbocycles. The fourth-order valence-electron chi connectivity index (χ4n) is 2.22. The van der Waals surface area contributed by atoms with E-state index < -0.39 is 6.03 Å². The molecule has 1 N–H and O–H groups in total. The Kier molecular flexibility index (Phi) is 2.70. The lowest BCUT2D eigenvalue weighted by Crippen LogP contribution is -2.42. The van der Waals surface area contributed by atoms with E-state index in [1.807, 2.05) is 24.3 Å². The zero-order valence-corrected chi connectivity index (χ0v) is 10.6. The normalized spacial score (nSPS) is 24.8. The van der Waals surface area contributed by atoms with Crippen molar-refractivity contribution in [3.63, 3.8) is 0 Å². The predicted molar refractivity (Wildman–Crippen MR) is 69.7 cm³/mol. The van der Waals surface area contributed by atoms with Gasteiger partial charge in [-0.05, 0) is 17.7 Å². The number of aliphatic imine (C=N–C) groups is 2. The van der Waals surface area contributed by atoms with Crippen LogP contribution in [0.5, 0.6) is 5.75 Å². The molecule has 98 valence electrons. The van der Waals surface area contributed by atoms with Gasteiger partial charge in [-0.15, -0.1) is 0 Å². The van der Waals surface area contributed by atoms with Gasteiger partial charge >= 0.3 is 6.03 Å². The summed E-state index contributed by atoms with van der Waals surface area (Å²) in [4.78, 5) is 19.7. The number of fused-ring (bicyclic) bond motifs is 1. The molecule has 0 spiro atoms. The molecule has 2 heterocycles. The van der Waals surface area contributed by atoms with Gasteiger partial charge in [-0.25, -0.2) is 9.79 Å². The maximum absolute atomic E-state index is 11.6. The van der Waals surface area contributed by atoms with Gasteiger partial charge in [0.15, 0.2) is 11.9 Å². The van der Waals surface area contributed by atoms with Crippen molar-refractivity contribution in [3.8, 4) is 5.75 Å². The SMILES string of the molecule is COc1ccc(C2NC(=O)N=C3OC(C)=NC32)cc1. The molecule has 2 amide bonds. The smallest absolute Gasteiger partial charge is 0.344 e. The van der Waals surface area contributed by atoms with Crippen LogP contribution in [0.3, 0.4) is 0 Å². The van der Waals surface area contributed by atoms with Gasteiger partial charge < -0.3 is 14.8 Å². The lowest BCUT2D eigenvalue weighted by atomic mass is 9.98. The topological polar surface area (TPSA) is 72.3 Å². The third-order valence-electron chi connectivity index (χ3n) is 3.11. The van der Waals surface area contributed by atoms with Gasteiger partial charge in [-0.1, -0.05) is 12.1 Å². The fraction of sp³-hybridized carbons (Fsp3) is 0.308. The minimum absolute atomic E-state index is 0.261. The van der Waals surface area contributed by atoms with Crippen molar-refractivity contribution in [1.82, 2.24) is 5.32 Å². The molecule has 0 radical (unpaired) electrons. The number of benzene rings is 1. The molecule has 19 heavy (non-hydrogen) atoms. The Bertz CT molecular complexity index is 577. The van der Waals surface area contributed by atoms with Crippen molar-refractivity contribution < 1.29 is 14.3 Å². The van der Waals surface area contributed by atoms with Crippen molar-refractivity contribution in [2.24, 2.45) is 9.98 Å². The Morgan fingerprint density at radius 3 is 2.74 bits per heavy atom. The second-order valence-electron chi connectivity index (χ2n) is 4.35. The van der Waals surface area contributed by atoms with E-state index in [9.17, 15) is 4.79 Å². The Morgan fingerprint density at radius 1 is 1.32 bits per heavy atom. The summed E-state index contributed by atoms with van der Waals surface area (Å²) in [6.07, 6.45) is 0. The molecule has 2 atom stereocenters. The Labute approximate surface area is 110 Å². The molecule has 2 aliphatic heterocycles. The molecule has 6 nitrogen and oxygen atoms in total. The van der Waals surface area contributed by atoms with E-state index in [0.717, 1.165) is 11.3 Å². The predicted octanol–water partition coefficient (Wildman–Crippen LogP) is 1.68. The Hall–Kier alpha value is -2.37. The number of amides is 2. The Morgan fingerprint density at radius 2 is 2.05 bits per heavy atom. The number of carbonyl (C=O) groups excluding carboxylic acids is 1. The standard InChI is InChI=1S/C13H13N3O3/c1-7-14-11-10(15-13(17)16-12(11)19-7)8-3-5-9(18-2)6-4-8/h3-6,10-11H,1-2H3,(H,15,17). The number of methoxy groups -OCH3 is 1. The average Bonchev–Trinajstić information content (AvgIpc) is 2.78. The van der Waals surface area contributed by atoms with E-state index in [1.54, 1.807) is 14.0 Å². The Balaban J connectivity index is 1.95. The fourth-order valence-corrected chi connectivity index (χ4v) is 2.22. The van der Waals surface area contributed by atoms with Crippen molar-refractivity contribution in [2.45, 2.75) is 19.0 Å². The molecule has 2 aliphatic rings. The summed E-state index contributed by atoms with van der Waals surface area (Å²) in [5, 5.41) is 2.81. The third-order valence-corrected chi connectivity index (χ3v) is 3.11. The molecule has 0 aromatic heterocycles. The van der Waals surface area contributed by atoms with Gasteiger partial charge in [-0.2, -0.15) is 4.99 Å². The van der Waals surface area contributed by atoms with Gasteiger partial charge in [0.05, 0.1) is 13.2 Å². The molecule has 0 saturated carbocycles. The quantitative estimate of drug-likeness (QED) is 0.878. The van der Waals surface area contributed by atoms with Crippen LogP contribution in [-0.2, 0) is 4.74 Å². The zero-order chi connectivity index (χ0) is 13.4. The molecule has 1 aromatic carbocycles. The van der Waals surface area contributed by atoms with Crippen molar-refractivity contribution in [1.29, 1.82) is 0 Å². The number of urea groups is 1. The molecular weight excluding hydrogens is 246 g/mol. The first-order chi connectivity index (χ1) is 9.17. The molecule has 0 fully saturated rings. The highest BCUT2D eigenvalue weighted by Crippen LogP contribution is 2.28. The van der Waals surface area contributed by atoms with Gasteiger partial charge in [0, 0.05) is 6.92 Å². The second-order valence-corrected chi connectivity index (χ2v) is 4.35. The van der Waals surface area contributed by atoms with Crippen molar-refractivity contribution in [2.75, 3.05) is 7.11 Å². The van der Waals surface area contributed by atoms with E-state index in [4.69, 9.17) is 9.47 Å². The monoisotopic (exact) mass is 259 g/mol. The number of carbonyl (C=O) groups is 1. The van der Waals surface area contributed by atoms with Gasteiger partial charge in [0.1, 0.15) is 5.75 Å². The van der Waals surface area contributed by atoms with Gasteiger partial charge in [-0.3, -0.25) is 0 Å². The van der Waals surface area contributed by atoms with Crippen LogP contribution in [0.15, 0.2) is 34.3 Å². The third kappa shape index (κ3) is 2.05. The first-order valence-electron chi connectivity index (χ1n) is 5.92. The van der Waals surface area contributed by atoms with Crippen LogP contribution in [0.25, 0.3) is 0 Å². The second kappa shape index (κ2) is 4.38. The summed E-state index contributed by atoms with van der Waals surface area (Å²) in [5.41, 5.74) is 0.939. The van der Waals surface area contributed by atoms with Crippen LogP contribution >= 0.6 is 0 Å². The highest BCUT2D eigenvalue weighted by Gasteiger charge is 2.38. The first-order valence-corrected chi connectivity index (χ1v) is 5.92. The highest BCUT2D eigenvalue weighted by molar-refractivity contribution is 6.05. The highest BCUT2D eigenvalue weighted by atomic mass is 16.5. The maximum atomic E-state index is 11.6. The van der Waals surface area contributed by atoms with Crippen molar-refractivity contribution >= 4 is 17.8 Å². The largest absolute Gasteiger partial charge is 0.497 e. The lowest BCUT2D eigenvalue weighted by molar-refractivity contribution is 0.242. The van der Waals surface area contributed by atoms with Gasteiger partial charge in [0.2, 0.25) is 5.90 Å². The first kappa shape index (κ1) is 11.7. The number of hydrogen-bond donors (Lipinski definition) is 1. The summed E-state index contributed by atoms with van der Waals surface area (Å²) < 4.78 is 10.5. The lowest BCUT2D eigenvalue weighted by Gasteiger charge is -2.25. The summed E-state index contributed by atoms with van der Waals surface area (Å²) in [7, 11) is 1.61. The summed E-state index contributed by atoms with van der Waals surface area (Å²) in [5.74, 6) is 1.66. The van der Waals surface area contributed by atoms with E-state index in [1.165, 1.54) is 0 Å². The van der Waals surface area contributed by atoms with Crippen LogP contribution < -0.4 is 10.1 Å². The molecule has 2 unspecified atom stereocenters. The minimum Gasteiger partial charge on any atom is -0.497 e. The van der Waals surface area contributed by atoms with E-state index in [0.29, 0.717) is 11.8 Å². The molecule has 0 saturated heterocycles. The molecular formula is C13H13N3O3. The number of nitrogens with one attached hydrogen (secondary N) is 1. The molecule has 3 rings (SSSR count). The van der Waals surface area contributed by atoms with E-state index in [2.05, 4.69) is 15.3 Å². The number of rotatable bonds is 2. The summed E-state index contributed by atoms with van der Waals surface area (Å²) >= 11 is 0. The molecule has 6 heteroatoms. The summed E-state index contributed by atoms with van der Waals surface area (Å²) in [6.45, 7) is 1.75. The summed E-state index contributed by atoms with van der Waals surface area (Å²) in [6, 6.07) is 6.54. The molecule has 1 aromatic rings. The van der Waals surface area contributed by atoms with E-state index >= 15 is 0 Å². The van der Waals surface area contributed by atoms with Crippen LogP contribution in [-0.4, -0.2) is 31.0 Å². The van der Waals surface area contributed by atoms with Crippen LogP contribution in [0.1, 0.15) is 18.5 Å². The van der Waals surface area contributed by atoms with Crippen molar-refractivity contribution in [3.05, 3.63) is 29.8 Å². The number of nitrogens with zero attached hydrogens (tertiary/aromatic N) is 2.